The summed E-state index contributed by atoms with van der Waals surface area (Å²) in [5.74, 6) is 0.209. The molecule has 1 saturated heterocycles. The number of benzene rings is 1. The Labute approximate surface area is 120 Å². The van der Waals surface area contributed by atoms with Gasteiger partial charge in [-0.15, -0.1) is 0 Å². The van der Waals surface area contributed by atoms with Crippen molar-refractivity contribution in [2.45, 2.75) is 18.9 Å². The van der Waals surface area contributed by atoms with Gasteiger partial charge in [-0.1, -0.05) is 18.2 Å². The van der Waals surface area contributed by atoms with Gasteiger partial charge in [0.2, 0.25) is 5.91 Å². The number of amides is 2. The molecule has 108 valence electrons. The van der Waals surface area contributed by atoms with Crippen molar-refractivity contribution >= 4 is 28.3 Å². The molecule has 2 atom stereocenters. The maximum Gasteiger partial charge on any atom is 0.251 e. The Morgan fingerprint density at radius 1 is 1.30 bits per heavy atom. The standard InChI is InChI=1S/C14H18N2O3S/c1-20(19)9-5-8-15-12-10-13(17)16(14(12)18)11-6-3-2-4-7-11/h2-4,6-7,12,15H,5,8-10H2,1H3. The second kappa shape index (κ2) is 6.76. The molecule has 0 bridgehead atoms. The zero-order valence-electron chi connectivity index (χ0n) is 11.4. The number of nitrogens with one attached hydrogen (secondary N) is 1. The lowest BCUT2D eigenvalue weighted by atomic mass is 10.2. The van der Waals surface area contributed by atoms with E-state index in [2.05, 4.69) is 5.32 Å². The number of anilines is 1. The largest absolute Gasteiger partial charge is 0.305 e. The summed E-state index contributed by atoms with van der Waals surface area (Å²) in [5, 5.41) is 3.07. The molecule has 1 heterocycles. The third kappa shape index (κ3) is 3.52. The summed E-state index contributed by atoms with van der Waals surface area (Å²) in [6, 6.07) is 8.47. The van der Waals surface area contributed by atoms with E-state index in [4.69, 9.17) is 0 Å². The quantitative estimate of drug-likeness (QED) is 0.619. The molecule has 1 aromatic rings. The first-order chi connectivity index (χ1) is 9.59. The van der Waals surface area contributed by atoms with Gasteiger partial charge in [0.15, 0.2) is 0 Å². The van der Waals surface area contributed by atoms with Crippen LogP contribution >= 0.6 is 0 Å². The summed E-state index contributed by atoms with van der Waals surface area (Å²) < 4.78 is 10.9. The van der Waals surface area contributed by atoms with Crippen molar-refractivity contribution in [3.8, 4) is 0 Å². The zero-order valence-corrected chi connectivity index (χ0v) is 12.2. The van der Waals surface area contributed by atoms with E-state index in [9.17, 15) is 13.8 Å². The van der Waals surface area contributed by atoms with Crippen LogP contribution in [0.15, 0.2) is 30.3 Å². The second-order valence-corrected chi connectivity index (χ2v) is 6.30. The number of para-hydroxylation sites is 1. The van der Waals surface area contributed by atoms with Crippen LogP contribution in [-0.2, 0) is 20.4 Å². The van der Waals surface area contributed by atoms with Crippen LogP contribution in [0.1, 0.15) is 12.8 Å². The molecule has 5 nitrogen and oxygen atoms in total. The van der Waals surface area contributed by atoms with Crippen molar-refractivity contribution in [2.24, 2.45) is 0 Å². The highest BCUT2D eigenvalue weighted by Gasteiger charge is 2.38. The number of carbonyl (C=O) groups is 2. The molecule has 2 rings (SSSR count). The highest BCUT2D eigenvalue weighted by atomic mass is 32.2. The second-order valence-electron chi connectivity index (χ2n) is 4.74. The van der Waals surface area contributed by atoms with Crippen LogP contribution in [0.4, 0.5) is 5.69 Å². The molecule has 2 amide bonds. The summed E-state index contributed by atoms with van der Waals surface area (Å²) in [6.07, 6.45) is 2.57. The monoisotopic (exact) mass is 294 g/mol. The predicted octanol–water partition coefficient (Wildman–Crippen LogP) is 0.677. The van der Waals surface area contributed by atoms with Gasteiger partial charge in [0.05, 0.1) is 18.2 Å². The van der Waals surface area contributed by atoms with Crippen molar-refractivity contribution in [1.29, 1.82) is 0 Å². The molecule has 1 aromatic carbocycles. The molecule has 20 heavy (non-hydrogen) atoms. The highest BCUT2D eigenvalue weighted by molar-refractivity contribution is 7.84. The van der Waals surface area contributed by atoms with Crippen molar-refractivity contribution < 1.29 is 13.8 Å². The highest BCUT2D eigenvalue weighted by Crippen LogP contribution is 2.22. The fourth-order valence-electron chi connectivity index (χ4n) is 2.19. The predicted molar refractivity (Wildman–Crippen MR) is 78.9 cm³/mol. The molecule has 0 saturated carbocycles. The number of hydrogen-bond acceptors (Lipinski definition) is 4. The van der Waals surface area contributed by atoms with Gasteiger partial charge in [0.1, 0.15) is 0 Å². The Morgan fingerprint density at radius 2 is 2.00 bits per heavy atom. The molecule has 0 aromatic heterocycles. The van der Waals surface area contributed by atoms with E-state index in [0.717, 1.165) is 6.42 Å². The molecule has 1 fully saturated rings. The summed E-state index contributed by atoms with van der Waals surface area (Å²) in [4.78, 5) is 25.4. The SMILES string of the molecule is CS(=O)CCCNC1CC(=O)N(c2ccccc2)C1=O. The molecule has 0 spiro atoms. The number of nitrogens with zero attached hydrogens (tertiary/aromatic N) is 1. The minimum absolute atomic E-state index is 0.183. The topological polar surface area (TPSA) is 66.5 Å². The normalized spacial score (nSPS) is 20.4. The van der Waals surface area contributed by atoms with Crippen LogP contribution < -0.4 is 10.2 Å². The maximum absolute atomic E-state index is 12.2. The molecule has 1 aliphatic rings. The Kier molecular flexibility index (Phi) is 5.03. The third-order valence-electron chi connectivity index (χ3n) is 3.16. The van der Waals surface area contributed by atoms with Gasteiger partial charge < -0.3 is 5.32 Å². The maximum atomic E-state index is 12.2. The van der Waals surface area contributed by atoms with Crippen LogP contribution in [0, 0.1) is 0 Å². The molecule has 0 aliphatic carbocycles. The van der Waals surface area contributed by atoms with Gasteiger partial charge in [-0.05, 0) is 25.1 Å². The van der Waals surface area contributed by atoms with Gasteiger partial charge in [-0.2, -0.15) is 0 Å². The third-order valence-corrected chi connectivity index (χ3v) is 4.02. The van der Waals surface area contributed by atoms with Crippen LogP contribution in [0.2, 0.25) is 0 Å². The molecule has 0 radical (unpaired) electrons. The lowest BCUT2D eigenvalue weighted by Gasteiger charge is -2.15. The molecule has 2 unspecified atom stereocenters. The van der Waals surface area contributed by atoms with Gasteiger partial charge in [0.25, 0.3) is 5.91 Å². The average molecular weight is 294 g/mol. The number of imide groups is 1. The molecular weight excluding hydrogens is 276 g/mol. The smallest absolute Gasteiger partial charge is 0.251 e. The lowest BCUT2D eigenvalue weighted by molar-refractivity contribution is -0.121. The van der Waals surface area contributed by atoms with E-state index in [1.165, 1.54) is 4.90 Å². The molecule has 1 aliphatic heterocycles. The summed E-state index contributed by atoms with van der Waals surface area (Å²) >= 11 is 0. The van der Waals surface area contributed by atoms with E-state index in [0.29, 0.717) is 18.0 Å². The summed E-state index contributed by atoms with van der Waals surface area (Å²) in [7, 11) is -0.823. The Hall–Kier alpha value is -1.53. The zero-order chi connectivity index (χ0) is 14.5. The number of carbonyl (C=O) groups excluding carboxylic acids is 2. The van der Waals surface area contributed by atoms with Crippen LogP contribution in [0.5, 0.6) is 0 Å². The molecule has 1 N–H and O–H groups in total. The minimum Gasteiger partial charge on any atom is -0.305 e. The van der Waals surface area contributed by atoms with E-state index in [1.54, 1.807) is 30.5 Å². The van der Waals surface area contributed by atoms with E-state index in [1.807, 2.05) is 6.07 Å². The fourth-order valence-corrected chi connectivity index (χ4v) is 2.74. The van der Waals surface area contributed by atoms with E-state index in [-0.39, 0.29) is 18.2 Å². The first-order valence-corrected chi connectivity index (χ1v) is 8.27. The van der Waals surface area contributed by atoms with Crippen molar-refractivity contribution in [2.75, 3.05) is 23.5 Å². The Balaban J connectivity index is 1.94. The van der Waals surface area contributed by atoms with Crippen LogP contribution in [0.3, 0.4) is 0 Å². The van der Waals surface area contributed by atoms with Crippen LogP contribution in [-0.4, -0.2) is 40.6 Å². The van der Waals surface area contributed by atoms with Gasteiger partial charge in [-0.25, -0.2) is 4.90 Å². The Bertz CT molecular complexity index is 518. The van der Waals surface area contributed by atoms with Gasteiger partial charge >= 0.3 is 0 Å². The first-order valence-electron chi connectivity index (χ1n) is 6.55. The van der Waals surface area contributed by atoms with Crippen molar-refractivity contribution in [3.63, 3.8) is 0 Å². The summed E-state index contributed by atoms with van der Waals surface area (Å²) in [6.45, 7) is 0.589. The number of rotatable bonds is 6. The lowest BCUT2D eigenvalue weighted by Crippen LogP contribution is -2.39. The first kappa shape index (κ1) is 14.9. The molecular formula is C14H18N2O3S. The Morgan fingerprint density at radius 3 is 2.65 bits per heavy atom. The van der Waals surface area contributed by atoms with Crippen molar-refractivity contribution in [1.82, 2.24) is 5.32 Å². The van der Waals surface area contributed by atoms with Gasteiger partial charge in [0, 0.05) is 22.8 Å². The minimum atomic E-state index is -0.823. The fraction of sp³-hybridized carbons (Fsp3) is 0.429. The van der Waals surface area contributed by atoms with Crippen molar-refractivity contribution in [3.05, 3.63) is 30.3 Å². The summed E-state index contributed by atoms with van der Waals surface area (Å²) in [5.41, 5.74) is 0.612. The van der Waals surface area contributed by atoms with E-state index >= 15 is 0 Å². The van der Waals surface area contributed by atoms with Crippen LogP contribution in [0.25, 0.3) is 0 Å². The van der Waals surface area contributed by atoms with Gasteiger partial charge in [-0.3, -0.25) is 13.8 Å². The average Bonchev–Trinajstić information content (AvgIpc) is 2.70. The molecule has 6 heteroatoms. The van der Waals surface area contributed by atoms with E-state index < -0.39 is 16.8 Å². The number of hydrogen-bond donors (Lipinski definition) is 1.